The molecule has 0 spiro atoms. The Bertz CT molecular complexity index is 473. The molecule has 88 valence electrons. The molecule has 0 bridgehead atoms. The molecular formula is C13H14ClN3. The van der Waals surface area contributed by atoms with Crippen molar-refractivity contribution in [3.63, 3.8) is 0 Å². The Hall–Kier alpha value is -1.42. The zero-order valence-electron chi connectivity index (χ0n) is 9.31. The monoisotopic (exact) mass is 247 g/mol. The van der Waals surface area contributed by atoms with E-state index in [0.717, 1.165) is 22.6 Å². The maximum atomic E-state index is 5.96. The average Bonchev–Trinajstić information content (AvgIpc) is 2.37. The minimum Gasteiger partial charge on any atom is -0.271 e. The van der Waals surface area contributed by atoms with E-state index in [1.807, 2.05) is 36.4 Å². The zero-order chi connectivity index (χ0) is 12.1. The number of hydrazine groups is 1. The first-order chi connectivity index (χ1) is 8.29. The van der Waals surface area contributed by atoms with Crippen LogP contribution in [0.15, 0.2) is 48.8 Å². The van der Waals surface area contributed by atoms with Gasteiger partial charge in [-0.2, -0.15) is 0 Å². The maximum Gasteiger partial charge on any atom is 0.0501 e. The second-order valence-corrected chi connectivity index (χ2v) is 4.27. The van der Waals surface area contributed by atoms with Crippen molar-refractivity contribution in [1.29, 1.82) is 0 Å². The van der Waals surface area contributed by atoms with Gasteiger partial charge in [0.15, 0.2) is 0 Å². The molecule has 4 heteroatoms. The molecule has 1 aromatic heterocycles. The van der Waals surface area contributed by atoms with E-state index in [4.69, 9.17) is 17.4 Å². The van der Waals surface area contributed by atoms with Crippen molar-refractivity contribution in [1.82, 2.24) is 10.4 Å². The number of hydrogen-bond donors (Lipinski definition) is 2. The van der Waals surface area contributed by atoms with Crippen LogP contribution in [-0.2, 0) is 6.42 Å². The first-order valence-corrected chi connectivity index (χ1v) is 5.78. The van der Waals surface area contributed by atoms with Gasteiger partial charge in [-0.1, -0.05) is 23.7 Å². The third kappa shape index (κ3) is 3.27. The number of hydrogen-bond acceptors (Lipinski definition) is 3. The number of benzene rings is 1. The van der Waals surface area contributed by atoms with Gasteiger partial charge < -0.3 is 0 Å². The number of pyridine rings is 1. The van der Waals surface area contributed by atoms with Crippen molar-refractivity contribution in [3.8, 4) is 0 Å². The number of nitrogens with two attached hydrogens (primary N) is 1. The topological polar surface area (TPSA) is 50.9 Å². The van der Waals surface area contributed by atoms with Gasteiger partial charge in [0.1, 0.15) is 0 Å². The summed E-state index contributed by atoms with van der Waals surface area (Å²) in [7, 11) is 0. The predicted molar refractivity (Wildman–Crippen MR) is 69.5 cm³/mol. The van der Waals surface area contributed by atoms with Crippen LogP contribution >= 0.6 is 11.6 Å². The van der Waals surface area contributed by atoms with Crippen molar-refractivity contribution in [2.45, 2.75) is 12.5 Å². The Morgan fingerprint density at radius 3 is 2.65 bits per heavy atom. The zero-order valence-corrected chi connectivity index (χ0v) is 10.1. The molecule has 17 heavy (non-hydrogen) atoms. The first kappa shape index (κ1) is 12.0. The van der Waals surface area contributed by atoms with E-state index in [2.05, 4.69) is 10.4 Å². The summed E-state index contributed by atoms with van der Waals surface area (Å²) in [6.45, 7) is 0. The molecule has 0 aliphatic rings. The summed E-state index contributed by atoms with van der Waals surface area (Å²) >= 11 is 5.96. The van der Waals surface area contributed by atoms with Gasteiger partial charge in [0, 0.05) is 17.4 Å². The van der Waals surface area contributed by atoms with E-state index in [1.165, 1.54) is 0 Å². The van der Waals surface area contributed by atoms with Crippen LogP contribution in [0.3, 0.4) is 0 Å². The van der Waals surface area contributed by atoms with Crippen LogP contribution in [0.2, 0.25) is 5.02 Å². The summed E-state index contributed by atoms with van der Waals surface area (Å²) in [5.74, 6) is 5.59. The molecule has 0 aliphatic carbocycles. The third-order valence-electron chi connectivity index (χ3n) is 2.64. The van der Waals surface area contributed by atoms with Gasteiger partial charge in [0.25, 0.3) is 0 Å². The van der Waals surface area contributed by atoms with Gasteiger partial charge in [-0.3, -0.25) is 16.3 Å². The normalized spacial score (nSPS) is 12.4. The molecule has 0 amide bonds. The Morgan fingerprint density at radius 2 is 2.00 bits per heavy atom. The van der Waals surface area contributed by atoms with E-state index in [1.54, 1.807) is 12.4 Å². The maximum absolute atomic E-state index is 5.96. The highest BCUT2D eigenvalue weighted by Gasteiger charge is 2.10. The molecule has 0 aliphatic heterocycles. The molecule has 1 aromatic carbocycles. The van der Waals surface area contributed by atoms with Gasteiger partial charge >= 0.3 is 0 Å². The number of halogens is 1. The molecular weight excluding hydrogens is 234 g/mol. The SMILES string of the molecule is NNC(Cc1cccc(Cl)c1)c1ccncc1. The molecule has 0 fully saturated rings. The molecule has 1 atom stereocenters. The largest absolute Gasteiger partial charge is 0.271 e. The Kier molecular flexibility index (Phi) is 4.09. The molecule has 1 heterocycles. The van der Waals surface area contributed by atoms with Crippen molar-refractivity contribution >= 4 is 11.6 Å². The van der Waals surface area contributed by atoms with Crippen molar-refractivity contribution in [3.05, 3.63) is 64.9 Å². The summed E-state index contributed by atoms with van der Waals surface area (Å²) in [4.78, 5) is 3.99. The first-order valence-electron chi connectivity index (χ1n) is 5.40. The van der Waals surface area contributed by atoms with Crippen LogP contribution in [-0.4, -0.2) is 4.98 Å². The Morgan fingerprint density at radius 1 is 1.24 bits per heavy atom. The van der Waals surface area contributed by atoms with Gasteiger partial charge in [-0.15, -0.1) is 0 Å². The van der Waals surface area contributed by atoms with Crippen LogP contribution in [0.1, 0.15) is 17.2 Å². The summed E-state index contributed by atoms with van der Waals surface area (Å²) < 4.78 is 0. The lowest BCUT2D eigenvalue weighted by molar-refractivity contribution is 0.551. The van der Waals surface area contributed by atoms with E-state index in [9.17, 15) is 0 Å². The Balaban J connectivity index is 2.16. The molecule has 1 unspecified atom stereocenters. The van der Waals surface area contributed by atoms with Crippen molar-refractivity contribution < 1.29 is 0 Å². The molecule has 0 saturated carbocycles. The van der Waals surface area contributed by atoms with Gasteiger partial charge in [-0.25, -0.2) is 0 Å². The summed E-state index contributed by atoms with van der Waals surface area (Å²) in [5.41, 5.74) is 5.08. The van der Waals surface area contributed by atoms with Crippen LogP contribution in [0.25, 0.3) is 0 Å². The quantitative estimate of drug-likeness (QED) is 0.645. The van der Waals surface area contributed by atoms with Gasteiger partial charge in [-0.05, 0) is 41.8 Å². The van der Waals surface area contributed by atoms with Gasteiger partial charge in [0.05, 0.1) is 6.04 Å². The number of rotatable bonds is 4. The highest BCUT2D eigenvalue weighted by Crippen LogP contribution is 2.19. The Labute approximate surface area is 106 Å². The van der Waals surface area contributed by atoms with Crippen LogP contribution in [0.5, 0.6) is 0 Å². The third-order valence-corrected chi connectivity index (χ3v) is 2.87. The van der Waals surface area contributed by atoms with Crippen LogP contribution in [0.4, 0.5) is 0 Å². The molecule has 3 nitrogen and oxygen atoms in total. The lowest BCUT2D eigenvalue weighted by Gasteiger charge is -2.16. The molecule has 2 aromatic rings. The lowest BCUT2D eigenvalue weighted by atomic mass is 10.0. The predicted octanol–water partition coefficient (Wildman–Crippen LogP) is 2.48. The molecule has 2 rings (SSSR count). The average molecular weight is 248 g/mol. The second-order valence-electron chi connectivity index (χ2n) is 3.83. The lowest BCUT2D eigenvalue weighted by Crippen LogP contribution is -2.29. The minimum atomic E-state index is 0.0662. The molecule has 3 N–H and O–H groups in total. The second kappa shape index (κ2) is 5.77. The fourth-order valence-electron chi connectivity index (χ4n) is 1.77. The van der Waals surface area contributed by atoms with Crippen LogP contribution < -0.4 is 11.3 Å². The van der Waals surface area contributed by atoms with E-state index >= 15 is 0 Å². The highest BCUT2D eigenvalue weighted by atomic mass is 35.5. The van der Waals surface area contributed by atoms with Crippen molar-refractivity contribution in [2.75, 3.05) is 0 Å². The van der Waals surface area contributed by atoms with E-state index < -0.39 is 0 Å². The van der Waals surface area contributed by atoms with E-state index in [0.29, 0.717) is 0 Å². The number of aromatic nitrogens is 1. The number of nitrogens with zero attached hydrogens (tertiary/aromatic N) is 1. The van der Waals surface area contributed by atoms with E-state index in [-0.39, 0.29) is 6.04 Å². The smallest absolute Gasteiger partial charge is 0.0501 e. The molecule has 0 radical (unpaired) electrons. The fraction of sp³-hybridized carbons (Fsp3) is 0.154. The van der Waals surface area contributed by atoms with Gasteiger partial charge in [0.2, 0.25) is 0 Å². The standard InChI is InChI=1S/C13H14ClN3/c14-12-3-1-2-10(8-12)9-13(17-15)11-4-6-16-7-5-11/h1-8,13,17H,9,15H2. The number of nitrogens with one attached hydrogen (secondary N) is 1. The van der Waals surface area contributed by atoms with Crippen molar-refractivity contribution in [2.24, 2.45) is 5.84 Å². The summed E-state index contributed by atoms with van der Waals surface area (Å²) in [6.07, 6.45) is 4.32. The minimum absolute atomic E-state index is 0.0662. The fourth-order valence-corrected chi connectivity index (χ4v) is 1.98. The highest BCUT2D eigenvalue weighted by molar-refractivity contribution is 6.30. The summed E-state index contributed by atoms with van der Waals surface area (Å²) in [5, 5.41) is 0.744. The summed E-state index contributed by atoms with van der Waals surface area (Å²) in [6, 6.07) is 11.8. The molecule has 0 saturated heterocycles. The van der Waals surface area contributed by atoms with Crippen LogP contribution in [0, 0.1) is 0 Å².